The van der Waals surface area contributed by atoms with Gasteiger partial charge in [-0.25, -0.2) is 4.79 Å². The molecule has 0 saturated carbocycles. The number of ketones is 1. The molecule has 0 aliphatic carbocycles. The van der Waals surface area contributed by atoms with Gasteiger partial charge in [-0.1, -0.05) is 20.8 Å². The molecule has 0 fully saturated rings. The number of furan rings is 1. The fraction of sp³-hybridized carbons (Fsp3) is 0.444. The first-order valence-electron chi connectivity index (χ1n) is 8.16. The van der Waals surface area contributed by atoms with Crippen LogP contribution in [0, 0.1) is 5.41 Å². The smallest absolute Gasteiger partial charge is 0.457 e. The first-order valence-corrected chi connectivity index (χ1v) is 9.88. The summed E-state index contributed by atoms with van der Waals surface area (Å²) in [4.78, 5) is 23.4. The summed E-state index contributed by atoms with van der Waals surface area (Å²) in [5.41, 5.74) is 0.260. The lowest BCUT2D eigenvalue weighted by Crippen LogP contribution is -2.23. The van der Waals surface area contributed by atoms with E-state index in [2.05, 4.69) is 0 Å². The Morgan fingerprint density at radius 1 is 1.19 bits per heavy atom. The van der Waals surface area contributed by atoms with Crippen LogP contribution in [0.4, 0.5) is 4.79 Å². The van der Waals surface area contributed by atoms with E-state index in [-0.39, 0.29) is 6.16 Å². The quantitative estimate of drug-likeness (QED) is 0.399. The Kier molecular flexibility index (Phi) is 6.14. The van der Waals surface area contributed by atoms with E-state index in [0.717, 1.165) is 0 Å². The van der Waals surface area contributed by atoms with E-state index in [4.69, 9.17) is 23.3 Å². The molecule has 1 aromatic heterocycles. The molecule has 9 heteroatoms. The van der Waals surface area contributed by atoms with Gasteiger partial charge in [-0.15, -0.1) is 0 Å². The Morgan fingerprint density at radius 3 is 2.33 bits per heavy atom. The van der Waals surface area contributed by atoms with Gasteiger partial charge in [0.15, 0.2) is 11.9 Å². The molecule has 27 heavy (non-hydrogen) atoms. The van der Waals surface area contributed by atoms with E-state index in [1.54, 1.807) is 18.2 Å². The van der Waals surface area contributed by atoms with Gasteiger partial charge in [0, 0.05) is 30.6 Å². The standard InChI is InChI=1S/C18H23O8P/c1-18(2,3)16(26-17(20)21)15-9-12-8-11(6-7-14(12)25-15)13(19)10-27(22,23-4)24-5/h6-9,16H,10H2,1-5H3,(H,20,21). The number of rotatable bonds is 7. The second-order valence-electron chi connectivity index (χ2n) is 7.09. The van der Waals surface area contributed by atoms with Crippen molar-refractivity contribution in [2.45, 2.75) is 26.9 Å². The summed E-state index contributed by atoms with van der Waals surface area (Å²) in [5, 5.41) is 9.60. The highest BCUT2D eigenvalue weighted by atomic mass is 31.2. The highest BCUT2D eigenvalue weighted by Gasteiger charge is 2.33. The van der Waals surface area contributed by atoms with Crippen molar-refractivity contribution in [3.8, 4) is 0 Å². The van der Waals surface area contributed by atoms with Crippen LogP contribution < -0.4 is 0 Å². The Bertz CT molecular complexity index is 884. The van der Waals surface area contributed by atoms with Crippen LogP contribution in [0.1, 0.15) is 43.0 Å². The SMILES string of the molecule is COP(=O)(CC(=O)c1ccc2oc(C(OC(=O)O)C(C)(C)C)cc2c1)OC. The predicted octanol–water partition coefficient (Wildman–Crippen LogP) is 4.88. The van der Waals surface area contributed by atoms with E-state index in [1.165, 1.54) is 20.3 Å². The van der Waals surface area contributed by atoms with Crippen LogP contribution in [0.5, 0.6) is 0 Å². The number of hydrogen-bond donors (Lipinski definition) is 1. The summed E-state index contributed by atoms with van der Waals surface area (Å²) in [7, 11) is -1.03. The minimum atomic E-state index is -3.47. The first-order chi connectivity index (χ1) is 12.5. The second-order valence-corrected chi connectivity index (χ2v) is 9.36. The van der Waals surface area contributed by atoms with Crippen molar-refractivity contribution in [2.75, 3.05) is 20.4 Å². The molecule has 8 nitrogen and oxygen atoms in total. The summed E-state index contributed by atoms with van der Waals surface area (Å²) in [6.45, 7) is 5.49. The van der Waals surface area contributed by atoms with E-state index in [1.807, 2.05) is 20.8 Å². The highest BCUT2D eigenvalue weighted by Crippen LogP contribution is 2.46. The molecule has 1 unspecified atom stereocenters. The average molecular weight is 398 g/mol. The van der Waals surface area contributed by atoms with Crippen LogP contribution >= 0.6 is 7.60 Å². The zero-order valence-electron chi connectivity index (χ0n) is 15.8. The van der Waals surface area contributed by atoms with Crippen molar-refractivity contribution in [1.82, 2.24) is 0 Å². The molecule has 0 saturated heterocycles. The van der Waals surface area contributed by atoms with Gasteiger partial charge in [0.2, 0.25) is 0 Å². The molecule has 2 aromatic rings. The molecule has 0 bridgehead atoms. The lowest BCUT2D eigenvalue weighted by molar-refractivity contribution is -0.0108. The van der Waals surface area contributed by atoms with Crippen LogP contribution in [-0.4, -0.2) is 37.4 Å². The molecule has 0 aliphatic heterocycles. The summed E-state index contributed by atoms with van der Waals surface area (Å²) >= 11 is 0. The van der Waals surface area contributed by atoms with Gasteiger partial charge in [0.05, 0.1) is 0 Å². The van der Waals surface area contributed by atoms with Crippen molar-refractivity contribution >= 4 is 30.5 Å². The molecule has 0 amide bonds. The molecular weight excluding hydrogens is 375 g/mol. The second kappa shape index (κ2) is 7.84. The van der Waals surface area contributed by atoms with Gasteiger partial charge < -0.3 is 23.3 Å². The topological polar surface area (TPSA) is 112 Å². The minimum absolute atomic E-state index is 0.315. The Hall–Kier alpha value is -2.15. The third-order valence-electron chi connectivity index (χ3n) is 4.01. The zero-order chi connectivity index (χ0) is 20.4. The van der Waals surface area contributed by atoms with Gasteiger partial charge in [-0.3, -0.25) is 9.36 Å². The Labute approximate surface area is 156 Å². The molecule has 1 N–H and O–H groups in total. The molecule has 1 aromatic carbocycles. The number of hydrogen-bond acceptors (Lipinski definition) is 7. The van der Waals surface area contributed by atoms with Gasteiger partial charge >= 0.3 is 13.8 Å². The largest absolute Gasteiger partial charge is 0.506 e. The van der Waals surface area contributed by atoms with Gasteiger partial charge in [0.25, 0.3) is 0 Å². The van der Waals surface area contributed by atoms with E-state index < -0.39 is 31.1 Å². The summed E-state index contributed by atoms with van der Waals surface area (Å²) in [6.07, 6.45) is -2.60. The van der Waals surface area contributed by atoms with Crippen LogP contribution in [0.25, 0.3) is 11.0 Å². The lowest BCUT2D eigenvalue weighted by atomic mass is 9.87. The third kappa shape index (κ3) is 4.97. The maximum absolute atomic E-state index is 12.4. The van der Waals surface area contributed by atoms with Crippen LogP contribution in [0.3, 0.4) is 0 Å². The highest BCUT2D eigenvalue weighted by molar-refractivity contribution is 7.54. The molecule has 0 spiro atoms. The summed E-state index contributed by atoms with van der Waals surface area (Å²) in [6, 6.07) is 6.35. The van der Waals surface area contributed by atoms with Crippen molar-refractivity contribution in [2.24, 2.45) is 5.41 Å². The van der Waals surface area contributed by atoms with E-state index in [9.17, 15) is 14.2 Å². The Morgan fingerprint density at radius 2 is 1.81 bits per heavy atom. The van der Waals surface area contributed by atoms with Crippen LogP contribution in [0.15, 0.2) is 28.7 Å². The number of fused-ring (bicyclic) bond motifs is 1. The minimum Gasteiger partial charge on any atom is -0.457 e. The third-order valence-corrected chi connectivity index (χ3v) is 5.80. The fourth-order valence-corrected chi connectivity index (χ4v) is 3.54. The zero-order valence-corrected chi connectivity index (χ0v) is 16.7. The normalized spacial score (nSPS) is 13.5. The first kappa shape index (κ1) is 21.2. The molecule has 1 atom stereocenters. The maximum atomic E-state index is 12.4. The van der Waals surface area contributed by atoms with Crippen molar-refractivity contribution in [1.29, 1.82) is 0 Å². The molecule has 2 rings (SSSR count). The number of Topliss-reactive ketones (excluding diaryl/α,β-unsaturated/α-hetero) is 1. The number of ether oxygens (including phenoxy) is 1. The van der Waals surface area contributed by atoms with Gasteiger partial charge in [-0.2, -0.15) is 0 Å². The molecule has 1 heterocycles. The van der Waals surface area contributed by atoms with Crippen LogP contribution in [0.2, 0.25) is 0 Å². The van der Waals surface area contributed by atoms with E-state index in [0.29, 0.717) is 22.3 Å². The lowest BCUT2D eigenvalue weighted by Gasteiger charge is -2.27. The Balaban J connectivity index is 2.37. The van der Waals surface area contributed by atoms with Crippen molar-refractivity contribution in [3.05, 3.63) is 35.6 Å². The number of carbonyl (C=O) groups excluding carboxylic acids is 1. The van der Waals surface area contributed by atoms with Crippen molar-refractivity contribution in [3.63, 3.8) is 0 Å². The molecular formula is C18H23O8P. The van der Waals surface area contributed by atoms with E-state index >= 15 is 0 Å². The molecule has 0 aliphatic rings. The molecule has 0 radical (unpaired) electrons. The maximum Gasteiger partial charge on any atom is 0.506 e. The monoisotopic (exact) mass is 398 g/mol. The molecule has 148 valence electrons. The fourth-order valence-electron chi connectivity index (χ4n) is 2.60. The number of benzene rings is 1. The number of carboxylic acid groups (broad SMARTS) is 1. The number of carbonyl (C=O) groups is 2. The average Bonchev–Trinajstić information content (AvgIpc) is 3.00. The predicted molar refractivity (Wildman–Crippen MR) is 98.3 cm³/mol. The summed E-state index contributed by atoms with van der Waals surface area (Å²) < 4.78 is 32.5. The van der Waals surface area contributed by atoms with Gasteiger partial charge in [0.1, 0.15) is 17.5 Å². The van der Waals surface area contributed by atoms with Crippen molar-refractivity contribution < 1.29 is 37.5 Å². The van der Waals surface area contributed by atoms with Gasteiger partial charge in [-0.05, 0) is 24.3 Å². The summed E-state index contributed by atoms with van der Waals surface area (Å²) in [5.74, 6) is -0.0650. The van der Waals surface area contributed by atoms with Crippen LogP contribution in [-0.2, 0) is 18.3 Å².